The van der Waals surface area contributed by atoms with Crippen LogP contribution in [0, 0.1) is 0 Å². The first-order valence-corrected chi connectivity index (χ1v) is 43.2. The van der Waals surface area contributed by atoms with Gasteiger partial charge in [0.1, 0.15) is 0 Å². The van der Waals surface area contributed by atoms with Gasteiger partial charge in [-0.1, -0.05) is 465 Å². The van der Waals surface area contributed by atoms with Crippen molar-refractivity contribution in [3.8, 4) is 0 Å². The Bertz CT molecular complexity index is 1190. The molecule has 0 aliphatic heterocycles. The van der Waals surface area contributed by atoms with E-state index < -0.39 is 24.0 Å². The molecule has 7 heteroatoms. The fraction of sp³-hybridized carbons (Fsp3) is 0.977. The third-order valence-electron chi connectivity index (χ3n) is 20.7. The van der Waals surface area contributed by atoms with E-state index in [1.807, 2.05) is 0 Å². The molecular formula is C86H172CaN2O4. The Labute approximate surface area is 616 Å². The van der Waals surface area contributed by atoms with Crippen molar-refractivity contribution in [2.24, 2.45) is 0 Å². The van der Waals surface area contributed by atoms with Crippen molar-refractivity contribution in [3.63, 3.8) is 0 Å². The van der Waals surface area contributed by atoms with Gasteiger partial charge in [-0.25, -0.2) is 0 Å². The average Bonchev–Trinajstić information content (AvgIpc) is 3.56. The number of hydrogen-bond acceptors (Lipinski definition) is 6. The minimum absolute atomic E-state index is 0. The van der Waals surface area contributed by atoms with Crippen molar-refractivity contribution in [1.82, 2.24) is 9.80 Å². The van der Waals surface area contributed by atoms with E-state index in [2.05, 4.69) is 51.3 Å². The fourth-order valence-corrected chi connectivity index (χ4v) is 14.5. The Kier molecular flexibility index (Phi) is 90.3. The maximum absolute atomic E-state index is 11.9. The number of hydrogen-bond donors (Lipinski definition) is 0. The predicted molar refractivity (Wildman–Crippen MR) is 413 cm³/mol. The number of aliphatic carboxylic acids is 2. The monoisotopic (exact) mass is 1340 g/mol. The molecule has 552 valence electrons. The van der Waals surface area contributed by atoms with E-state index in [9.17, 15) is 19.8 Å². The summed E-state index contributed by atoms with van der Waals surface area (Å²) in [5.41, 5.74) is 0. The van der Waals surface area contributed by atoms with Crippen LogP contribution in [0.15, 0.2) is 0 Å². The van der Waals surface area contributed by atoms with Crippen LogP contribution in [0.3, 0.4) is 0 Å². The molecule has 6 nitrogen and oxygen atoms in total. The van der Waals surface area contributed by atoms with Gasteiger partial charge < -0.3 is 19.8 Å². The number of carboxylic acids is 2. The molecule has 0 amide bonds. The van der Waals surface area contributed by atoms with Crippen molar-refractivity contribution in [3.05, 3.63) is 0 Å². The molecule has 0 aliphatic carbocycles. The minimum atomic E-state index is -0.860. The second kappa shape index (κ2) is 86.3. The Balaban J connectivity index is -0.00000172. The van der Waals surface area contributed by atoms with E-state index in [1.165, 1.54) is 411 Å². The van der Waals surface area contributed by atoms with Crippen molar-refractivity contribution >= 4 is 49.7 Å². The number of carboxylic acid groups (broad SMARTS) is 2. The van der Waals surface area contributed by atoms with Crippen LogP contribution in [0.2, 0.25) is 0 Å². The second-order valence-corrected chi connectivity index (χ2v) is 29.9. The standard InChI is InChI=1S/2C43H87NO2.Ca/c2*1-4-7-9-11-13-15-17-19-21-23-25-27-29-31-33-35-37-40-44(42(39-6-3)43(45)46)41-38-36-34-32-30-28-26-24-22-20-18-16-14-12-10-8-5-2;/h2*42H,4-41H2,1-3H3,(H,45,46);/q;;+2/p-2. The largest absolute Gasteiger partial charge is 2.00 e. The molecule has 0 saturated carbocycles. The van der Waals surface area contributed by atoms with E-state index in [-0.39, 0.29) is 37.7 Å². The zero-order chi connectivity index (χ0) is 67.2. The van der Waals surface area contributed by atoms with Crippen LogP contribution in [0.1, 0.15) is 504 Å². The van der Waals surface area contributed by atoms with Gasteiger partial charge in [0.2, 0.25) is 0 Å². The van der Waals surface area contributed by atoms with Gasteiger partial charge in [-0.15, -0.1) is 0 Å². The smallest absolute Gasteiger partial charge is 0.548 e. The van der Waals surface area contributed by atoms with Crippen LogP contribution < -0.4 is 10.2 Å². The molecule has 0 aromatic carbocycles. The first-order chi connectivity index (χ1) is 45.3. The molecule has 0 bridgehead atoms. The summed E-state index contributed by atoms with van der Waals surface area (Å²) in [6.07, 6.45) is 97.1. The molecule has 0 N–H and O–H groups in total. The van der Waals surface area contributed by atoms with E-state index in [4.69, 9.17) is 0 Å². The summed E-state index contributed by atoms with van der Waals surface area (Å²) in [5, 5.41) is 23.9. The number of carbonyl (C=O) groups is 2. The van der Waals surface area contributed by atoms with Gasteiger partial charge in [0.15, 0.2) is 0 Å². The van der Waals surface area contributed by atoms with Crippen molar-refractivity contribution in [2.75, 3.05) is 26.2 Å². The molecule has 0 spiro atoms. The van der Waals surface area contributed by atoms with E-state index in [1.54, 1.807) is 0 Å². The molecule has 0 heterocycles. The van der Waals surface area contributed by atoms with Crippen LogP contribution in [0.25, 0.3) is 0 Å². The van der Waals surface area contributed by atoms with Gasteiger partial charge in [-0.3, -0.25) is 9.80 Å². The van der Waals surface area contributed by atoms with Gasteiger partial charge in [-0.05, 0) is 64.7 Å². The maximum Gasteiger partial charge on any atom is 2.00 e. The topological polar surface area (TPSA) is 86.7 Å². The van der Waals surface area contributed by atoms with Gasteiger partial charge in [0, 0.05) is 12.1 Å². The Morgan fingerprint density at radius 3 is 0.398 bits per heavy atom. The summed E-state index contributed by atoms with van der Waals surface area (Å²) < 4.78 is 0. The molecule has 0 saturated heterocycles. The van der Waals surface area contributed by atoms with Crippen LogP contribution >= 0.6 is 0 Å². The van der Waals surface area contributed by atoms with Crippen LogP contribution in [0.4, 0.5) is 0 Å². The van der Waals surface area contributed by atoms with Gasteiger partial charge in [-0.2, -0.15) is 0 Å². The van der Waals surface area contributed by atoms with Crippen molar-refractivity contribution in [2.45, 2.75) is 516 Å². The maximum atomic E-state index is 11.9. The quantitative estimate of drug-likeness (QED) is 0.0445. The third kappa shape index (κ3) is 77.7. The Morgan fingerprint density at radius 1 is 0.194 bits per heavy atom. The fourth-order valence-electron chi connectivity index (χ4n) is 14.5. The van der Waals surface area contributed by atoms with E-state index >= 15 is 0 Å². The van der Waals surface area contributed by atoms with Gasteiger partial charge >= 0.3 is 37.7 Å². The molecule has 2 atom stereocenters. The van der Waals surface area contributed by atoms with Crippen molar-refractivity contribution in [1.29, 1.82) is 0 Å². The summed E-state index contributed by atoms with van der Waals surface area (Å²) in [4.78, 5) is 28.4. The predicted octanol–water partition coefficient (Wildman–Crippen LogP) is 26.6. The zero-order valence-corrected chi connectivity index (χ0v) is 67.3. The molecule has 0 aromatic heterocycles. The molecule has 0 aromatic rings. The molecule has 0 radical (unpaired) electrons. The molecule has 0 aliphatic rings. The SMILES string of the molecule is CCCCCCCCCCCCCCCCCCCN(CCCCCCCCCCCCCCCCCCC)C(CCC)C(=O)[O-].CCCCCCCCCCCCCCCCCCCN(CCCCCCCCCCCCCCCCCCC)C(CCC)C(=O)[O-].[Ca+2]. The number of unbranched alkanes of at least 4 members (excludes halogenated alkanes) is 64. The summed E-state index contributed by atoms with van der Waals surface area (Å²) in [6.45, 7) is 17.1. The van der Waals surface area contributed by atoms with E-state index in [0.717, 1.165) is 77.5 Å². The third-order valence-corrected chi connectivity index (χ3v) is 20.7. The molecule has 93 heavy (non-hydrogen) atoms. The zero-order valence-electron chi connectivity index (χ0n) is 65.1. The molecule has 2 unspecified atom stereocenters. The molecule has 0 rings (SSSR count). The number of rotatable bonds is 80. The molecular weight excluding hydrogens is 1170 g/mol. The summed E-state index contributed by atoms with van der Waals surface area (Å²) in [6, 6.07) is -0.792. The minimum Gasteiger partial charge on any atom is -0.548 e. The number of carbonyl (C=O) groups excluding carboxylic acids is 2. The number of nitrogens with zero attached hydrogens (tertiary/aromatic N) is 2. The van der Waals surface area contributed by atoms with Crippen molar-refractivity contribution < 1.29 is 19.8 Å². The van der Waals surface area contributed by atoms with Crippen LogP contribution in [-0.2, 0) is 9.59 Å². The second-order valence-electron chi connectivity index (χ2n) is 29.9. The normalized spacial score (nSPS) is 12.2. The van der Waals surface area contributed by atoms with E-state index in [0.29, 0.717) is 0 Å². The van der Waals surface area contributed by atoms with Crippen LogP contribution in [0.5, 0.6) is 0 Å². The summed E-state index contributed by atoms with van der Waals surface area (Å²) in [7, 11) is 0. The first-order valence-electron chi connectivity index (χ1n) is 43.2. The first kappa shape index (κ1) is 97.3. The summed E-state index contributed by atoms with van der Waals surface area (Å²) >= 11 is 0. The van der Waals surface area contributed by atoms with Crippen LogP contribution in [-0.4, -0.2) is 97.7 Å². The summed E-state index contributed by atoms with van der Waals surface area (Å²) in [5.74, 6) is -1.72. The Morgan fingerprint density at radius 2 is 0.301 bits per heavy atom. The molecule has 0 fully saturated rings. The average molecular weight is 1340 g/mol. The van der Waals surface area contributed by atoms with Gasteiger partial charge in [0.25, 0.3) is 0 Å². The van der Waals surface area contributed by atoms with Gasteiger partial charge in [0.05, 0.1) is 11.9 Å². The Hall–Kier alpha value is 0.120.